The lowest BCUT2D eigenvalue weighted by Crippen LogP contribution is -2.27. The highest BCUT2D eigenvalue weighted by Crippen LogP contribution is 2.19. The molecule has 1 aromatic heterocycles. The van der Waals surface area contributed by atoms with Crippen LogP contribution < -0.4 is 5.32 Å². The summed E-state index contributed by atoms with van der Waals surface area (Å²) in [5.41, 5.74) is 4.15. The van der Waals surface area contributed by atoms with E-state index in [0.29, 0.717) is 11.3 Å². The van der Waals surface area contributed by atoms with Crippen molar-refractivity contribution in [3.8, 4) is 0 Å². The number of furan rings is 1. The standard InChI is InChI=1S/C16H19NO2/c1-10-5-6-14(11(2)9-10)12(3)17-16(18)15-7-8-19-13(15)4/h5-9,12H,1-4H3,(H,17,18)/t12-/m1/s1. The second kappa shape index (κ2) is 5.31. The van der Waals surface area contributed by atoms with E-state index in [1.807, 2.05) is 6.92 Å². The summed E-state index contributed by atoms with van der Waals surface area (Å²) in [5, 5.41) is 3.00. The molecule has 0 radical (unpaired) electrons. The van der Waals surface area contributed by atoms with Gasteiger partial charge in [0.1, 0.15) is 5.76 Å². The number of carbonyl (C=O) groups excluding carboxylic acids is 1. The number of hydrogen-bond donors (Lipinski definition) is 1. The van der Waals surface area contributed by atoms with Gasteiger partial charge < -0.3 is 9.73 Å². The molecule has 0 spiro atoms. The molecular weight excluding hydrogens is 238 g/mol. The Morgan fingerprint density at radius 1 is 1.21 bits per heavy atom. The third kappa shape index (κ3) is 2.87. The van der Waals surface area contributed by atoms with Crippen molar-refractivity contribution in [3.05, 3.63) is 58.5 Å². The van der Waals surface area contributed by atoms with E-state index < -0.39 is 0 Å². The molecular formula is C16H19NO2. The predicted octanol–water partition coefficient (Wildman–Crippen LogP) is 3.70. The van der Waals surface area contributed by atoms with Gasteiger partial charge in [0.15, 0.2) is 0 Å². The van der Waals surface area contributed by atoms with Gasteiger partial charge in [0.2, 0.25) is 0 Å². The summed E-state index contributed by atoms with van der Waals surface area (Å²) in [5.74, 6) is 0.545. The topological polar surface area (TPSA) is 42.2 Å². The van der Waals surface area contributed by atoms with Gasteiger partial charge in [-0.3, -0.25) is 4.79 Å². The number of nitrogens with one attached hydrogen (secondary N) is 1. The zero-order chi connectivity index (χ0) is 14.0. The fourth-order valence-electron chi connectivity index (χ4n) is 2.28. The minimum Gasteiger partial charge on any atom is -0.469 e. The molecule has 1 heterocycles. The summed E-state index contributed by atoms with van der Waals surface area (Å²) in [6.07, 6.45) is 1.53. The molecule has 1 aromatic carbocycles. The summed E-state index contributed by atoms with van der Waals surface area (Å²) in [6.45, 7) is 7.91. The van der Waals surface area contributed by atoms with Crippen LogP contribution in [0, 0.1) is 20.8 Å². The van der Waals surface area contributed by atoms with Crippen molar-refractivity contribution >= 4 is 5.91 Å². The van der Waals surface area contributed by atoms with E-state index >= 15 is 0 Å². The van der Waals surface area contributed by atoms with Crippen LogP contribution in [0.2, 0.25) is 0 Å². The summed E-state index contributed by atoms with van der Waals surface area (Å²) in [6, 6.07) is 7.93. The van der Waals surface area contributed by atoms with E-state index in [0.717, 1.165) is 5.56 Å². The molecule has 19 heavy (non-hydrogen) atoms. The highest BCUT2D eigenvalue weighted by Gasteiger charge is 2.16. The fraction of sp³-hybridized carbons (Fsp3) is 0.312. The van der Waals surface area contributed by atoms with Crippen molar-refractivity contribution in [1.29, 1.82) is 0 Å². The van der Waals surface area contributed by atoms with Gasteiger partial charge in [-0.1, -0.05) is 23.8 Å². The number of amides is 1. The van der Waals surface area contributed by atoms with Gasteiger partial charge in [-0.25, -0.2) is 0 Å². The Labute approximate surface area is 113 Å². The van der Waals surface area contributed by atoms with Crippen LogP contribution in [0.15, 0.2) is 34.9 Å². The van der Waals surface area contributed by atoms with Gasteiger partial charge >= 0.3 is 0 Å². The largest absolute Gasteiger partial charge is 0.469 e. The van der Waals surface area contributed by atoms with Gasteiger partial charge in [0.25, 0.3) is 5.91 Å². The first-order valence-corrected chi connectivity index (χ1v) is 6.41. The maximum absolute atomic E-state index is 12.1. The quantitative estimate of drug-likeness (QED) is 0.911. The van der Waals surface area contributed by atoms with Crippen LogP contribution in [0.5, 0.6) is 0 Å². The van der Waals surface area contributed by atoms with Crippen LogP contribution in [-0.4, -0.2) is 5.91 Å². The van der Waals surface area contributed by atoms with E-state index in [-0.39, 0.29) is 11.9 Å². The number of hydrogen-bond acceptors (Lipinski definition) is 2. The molecule has 0 saturated carbocycles. The molecule has 3 heteroatoms. The second-order valence-corrected chi connectivity index (χ2v) is 4.95. The summed E-state index contributed by atoms with van der Waals surface area (Å²) in [4.78, 5) is 12.1. The van der Waals surface area contributed by atoms with Crippen molar-refractivity contribution in [3.63, 3.8) is 0 Å². The molecule has 2 rings (SSSR count). The maximum Gasteiger partial charge on any atom is 0.255 e. The lowest BCUT2D eigenvalue weighted by molar-refractivity contribution is 0.0938. The molecule has 100 valence electrons. The molecule has 2 aromatic rings. The molecule has 3 nitrogen and oxygen atoms in total. The number of aryl methyl sites for hydroxylation is 3. The van der Waals surface area contributed by atoms with Crippen LogP contribution in [0.4, 0.5) is 0 Å². The zero-order valence-electron chi connectivity index (χ0n) is 11.8. The zero-order valence-corrected chi connectivity index (χ0v) is 11.8. The maximum atomic E-state index is 12.1. The molecule has 0 aliphatic carbocycles. The van der Waals surface area contributed by atoms with Crippen LogP contribution in [-0.2, 0) is 0 Å². The molecule has 0 aliphatic heterocycles. The minimum atomic E-state index is -0.0984. The van der Waals surface area contributed by atoms with Crippen LogP contribution in [0.3, 0.4) is 0 Å². The van der Waals surface area contributed by atoms with E-state index in [1.165, 1.54) is 17.4 Å². The van der Waals surface area contributed by atoms with Crippen LogP contribution >= 0.6 is 0 Å². The van der Waals surface area contributed by atoms with Gasteiger partial charge in [-0.05, 0) is 44.9 Å². The molecule has 0 saturated heterocycles. The van der Waals surface area contributed by atoms with Crippen molar-refractivity contribution < 1.29 is 9.21 Å². The summed E-state index contributed by atoms with van der Waals surface area (Å²) >= 11 is 0. The Kier molecular flexibility index (Phi) is 3.74. The Balaban J connectivity index is 2.15. The van der Waals surface area contributed by atoms with Crippen molar-refractivity contribution in [2.45, 2.75) is 33.7 Å². The monoisotopic (exact) mass is 257 g/mol. The second-order valence-electron chi connectivity index (χ2n) is 4.95. The predicted molar refractivity (Wildman–Crippen MR) is 75.2 cm³/mol. The van der Waals surface area contributed by atoms with Gasteiger partial charge in [0, 0.05) is 0 Å². The van der Waals surface area contributed by atoms with Crippen molar-refractivity contribution in [2.75, 3.05) is 0 Å². The number of rotatable bonds is 3. The van der Waals surface area contributed by atoms with Gasteiger partial charge in [0.05, 0.1) is 17.9 Å². The molecule has 0 aliphatic rings. The van der Waals surface area contributed by atoms with E-state index in [4.69, 9.17) is 4.42 Å². The minimum absolute atomic E-state index is 0.0256. The first-order chi connectivity index (χ1) is 8.99. The number of benzene rings is 1. The molecule has 0 unspecified atom stereocenters. The molecule has 1 atom stereocenters. The normalized spacial score (nSPS) is 12.2. The first kappa shape index (κ1) is 13.4. The lowest BCUT2D eigenvalue weighted by Gasteiger charge is -2.17. The average molecular weight is 257 g/mol. The van der Waals surface area contributed by atoms with E-state index in [9.17, 15) is 4.79 Å². The SMILES string of the molecule is Cc1ccc([C@@H](C)NC(=O)c2ccoc2C)c(C)c1. The lowest BCUT2D eigenvalue weighted by atomic mass is 10.00. The molecule has 0 bridgehead atoms. The Morgan fingerprint density at radius 3 is 2.53 bits per heavy atom. The summed E-state index contributed by atoms with van der Waals surface area (Å²) < 4.78 is 5.15. The smallest absolute Gasteiger partial charge is 0.255 e. The first-order valence-electron chi connectivity index (χ1n) is 6.41. The van der Waals surface area contributed by atoms with Crippen molar-refractivity contribution in [1.82, 2.24) is 5.32 Å². The van der Waals surface area contributed by atoms with E-state index in [1.54, 1.807) is 13.0 Å². The Morgan fingerprint density at radius 2 is 1.95 bits per heavy atom. The molecule has 1 amide bonds. The number of carbonyl (C=O) groups is 1. The Bertz CT molecular complexity index is 599. The Hall–Kier alpha value is -2.03. The van der Waals surface area contributed by atoms with Gasteiger partial charge in [-0.2, -0.15) is 0 Å². The third-order valence-electron chi connectivity index (χ3n) is 3.34. The van der Waals surface area contributed by atoms with Crippen LogP contribution in [0.1, 0.15) is 45.8 Å². The fourth-order valence-corrected chi connectivity index (χ4v) is 2.28. The average Bonchev–Trinajstić information content (AvgIpc) is 2.75. The highest BCUT2D eigenvalue weighted by atomic mass is 16.3. The third-order valence-corrected chi connectivity index (χ3v) is 3.34. The van der Waals surface area contributed by atoms with Gasteiger partial charge in [-0.15, -0.1) is 0 Å². The summed E-state index contributed by atoms with van der Waals surface area (Å²) in [7, 11) is 0. The molecule has 0 fully saturated rings. The van der Waals surface area contributed by atoms with Crippen LogP contribution in [0.25, 0.3) is 0 Å². The van der Waals surface area contributed by atoms with E-state index in [2.05, 4.69) is 37.4 Å². The van der Waals surface area contributed by atoms with Crippen molar-refractivity contribution in [2.24, 2.45) is 0 Å². The molecule has 1 N–H and O–H groups in total. The highest BCUT2D eigenvalue weighted by molar-refractivity contribution is 5.95.